The van der Waals surface area contributed by atoms with Gasteiger partial charge in [-0.3, -0.25) is 9.79 Å². The molecule has 0 bridgehead atoms. The summed E-state index contributed by atoms with van der Waals surface area (Å²) >= 11 is 6.76. The summed E-state index contributed by atoms with van der Waals surface area (Å²) in [7, 11) is 0. The number of ketones is 1. The molecule has 0 heterocycles. The molecule has 1 aliphatic rings. The Labute approximate surface area is 214 Å². The van der Waals surface area contributed by atoms with Gasteiger partial charge in [0, 0.05) is 33.1 Å². The Morgan fingerprint density at radius 2 is 1.50 bits per heavy atom. The fourth-order valence-electron chi connectivity index (χ4n) is 3.90. The lowest BCUT2D eigenvalue weighted by Gasteiger charge is -2.12. The number of rotatable bonds is 5. The molecule has 0 spiro atoms. The predicted molar refractivity (Wildman–Crippen MR) is 145 cm³/mol. The molecule has 0 radical (unpaired) electrons. The van der Waals surface area contributed by atoms with Gasteiger partial charge in [0.15, 0.2) is 5.78 Å². The highest BCUT2D eigenvalue weighted by Gasteiger charge is 2.30. The van der Waals surface area contributed by atoms with Gasteiger partial charge in [-0.1, -0.05) is 70.5 Å². The van der Waals surface area contributed by atoms with E-state index in [4.69, 9.17) is 0 Å². The molecule has 0 atom stereocenters. The number of anilines is 1. The summed E-state index contributed by atoms with van der Waals surface area (Å²) in [5.74, 6) is 0.153. The SMILES string of the molecule is O=C1C(c2ccccc2)=C(Nc2ccc(N=Cc3cc(Br)cc(Br)c3O)cc2)c2ccccc21. The van der Waals surface area contributed by atoms with Gasteiger partial charge in [-0.25, -0.2) is 0 Å². The number of aliphatic imine (C=N–C) groups is 1. The molecule has 4 aromatic rings. The van der Waals surface area contributed by atoms with Crippen LogP contribution in [0, 0.1) is 0 Å². The molecule has 4 aromatic carbocycles. The Balaban J connectivity index is 1.45. The normalized spacial score (nSPS) is 12.9. The highest BCUT2D eigenvalue weighted by Crippen LogP contribution is 2.39. The zero-order valence-electron chi connectivity index (χ0n) is 17.8. The van der Waals surface area contributed by atoms with Crippen LogP contribution in [-0.2, 0) is 0 Å². The number of phenols is 1. The molecule has 0 aromatic heterocycles. The van der Waals surface area contributed by atoms with E-state index in [1.807, 2.05) is 78.9 Å². The van der Waals surface area contributed by atoms with Crippen LogP contribution < -0.4 is 5.32 Å². The summed E-state index contributed by atoms with van der Waals surface area (Å²) < 4.78 is 1.43. The first-order valence-electron chi connectivity index (χ1n) is 10.5. The van der Waals surface area contributed by atoms with Crippen LogP contribution in [0.5, 0.6) is 5.75 Å². The average Bonchev–Trinajstić information content (AvgIpc) is 3.13. The lowest BCUT2D eigenvalue weighted by atomic mass is 10.0. The number of benzene rings is 4. The van der Waals surface area contributed by atoms with Crippen molar-refractivity contribution in [2.24, 2.45) is 4.99 Å². The molecule has 0 aliphatic heterocycles. The molecule has 2 N–H and O–H groups in total. The summed E-state index contributed by atoms with van der Waals surface area (Å²) in [5.41, 5.74) is 6.12. The van der Waals surface area contributed by atoms with Crippen molar-refractivity contribution in [1.82, 2.24) is 0 Å². The van der Waals surface area contributed by atoms with E-state index < -0.39 is 0 Å². The Hall–Kier alpha value is -3.48. The van der Waals surface area contributed by atoms with Gasteiger partial charge in [-0.15, -0.1) is 0 Å². The van der Waals surface area contributed by atoms with Crippen LogP contribution in [-0.4, -0.2) is 17.1 Å². The molecule has 0 saturated heterocycles. The van der Waals surface area contributed by atoms with E-state index in [0.29, 0.717) is 21.2 Å². The number of hydrogen-bond acceptors (Lipinski definition) is 4. The number of carbonyl (C=O) groups excluding carboxylic acids is 1. The van der Waals surface area contributed by atoms with Crippen molar-refractivity contribution in [3.05, 3.63) is 122 Å². The summed E-state index contributed by atoms with van der Waals surface area (Å²) in [5, 5.41) is 13.7. The van der Waals surface area contributed by atoms with Gasteiger partial charge in [0.25, 0.3) is 0 Å². The highest BCUT2D eigenvalue weighted by atomic mass is 79.9. The van der Waals surface area contributed by atoms with Crippen LogP contribution in [0.1, 0.15) is 27.0 Å². The molecule has 166 valence electrons. The van der Waals surface area contributed by atoms with E-state index in [0.717, 1.165) is 32.7 Å². The number of nitrogens with zero attached hydrogens (tertiary/aromatic N) is 1. The van der Waals surface area contributed by atoms with Crippen molar-refractivity contribution in [1.29, 1.82) is 0 Å². The lowest BCUT2D eigenvalue weighted by Crippen LogP contribution is -2.01. The quantitative estimate of drug-likeness (QED) is 0.239. The molecule has 0 amide bonds. The van der Waals surface area contributed by atoms with Crippen molar-refractivity contribution < 1.29 is 9.90 Å². The monoisotopic (exact) mass is 572 g/mol. The Morgan fingerprint density at radius 1 is 0.824 bits per heavy atom. The minimum absolute atomic E-state index is 0.0190. The summed E-state index contributed by atoms with van der Waals surface area (Å²) in [6, 6.07) is 28.6. The van der Waals surface area contributed by atoms with Crippen LogP contribution in [0.15, 0.2) is 105 Å². The van der Waals surface area contributed by atoms with Gasteiger partial charge in [0.1, 0.15) is 5.75 Å². The average molecular weight is 574 g/mol. The van der Waals surface area contributed by atoms with E-state index in [1.165, 1.54) is 0 Å². The second kappa shape index (κ2) is 9.41. The molecule has 5 rings (SSSR count). The van der Waals surface area contributed by atoms with Crippen LogP contribution >= 0.6 is 31.9 Å². The van der Waals surface area contributed by atoms with E-state index in [9.17, 15) is 9.90 Å². The molecular formula is C28H18Br2N2O2. The zero-order chi connectivity index (χ0) is 23.7. The molecule has 4 nitrogen and oxygen atoms in total. The van der Waals surface area contributed by atoms with Crippen molar-refractivity contribution in [3.63, 3.8) is 0 Å². The van der Waals surface area contributed by atoms with E-state index in [1.54, 1.807) is 18.3 Å². The van der Waals surface area contributed by atoms with Crippen LogP contribution in [0.25, 0.3) is 11.3 Å². The Morgan fingerprint density at radius 3 is 2.24 bits per heavy atom. The van der Waals surface area contributed by atoms with Crippen molar-refractivity contribution in [2.75, 3.05) is 5.32 Å². The molecule has 0 fully saturated rings. The Bertz CT molecular complexity index is 1460. The molecular weight excluding hydrogens is 556 g/mol. The number of carbonyl (C=O) groups is 1. The largest absolute Gasteiger partial charge is 0.506 e. The second-order valence-corrected chi connectivity index (χ2v) is 9.52. The van der Waals surface area contributed by atoms with Crippen molar-refractivity contribution in [3.8, 4) is 5.75 Å². The molecule has 0 saturated carbocycles. The number of halogens is 2. The maximum absolute atomic E-state index is 13.2. The highest BCUT2D eigenvalue weighted by molar-refractivity contribution is 9.11. The first kappa shape index (κ1) is 22.3. The van der Waals surface area contributed by atoms with Crippen LogP contribution in [0.4, 0.5) is 11.4 Å². The fourth-order valence-corrected chi connectivity index (χ4v) is 5.15. The van der Waals surface area contributed by atoms with E-state index in [-0.39, 0.29) is 11.5 Å². The van der Waals surface area contributed by atoms with Crippen molar-refractivity contribution in [2.45, 2.75) is 0 Å². The summed E-state index contributed by atoms with van der Waals surface area (Å²) in [6.07, 6.45) is 1.62. The van der Waals surface area contributed by atoms with Crippen LogP contribution in [0.2, 0.25) is 0 Å². The van der Waals surface area contributed by atoms with E-state index in [2.05, 4.69) is 42.2 Å². The number of nitrogens with one attached hydrogen (secondary N) is 1. The predicted octanol–water partition coefficient (Wildman–Crippen LogP) is 7.84. The number of aromatic hydroxyl groups is 1. The summed E-state index contributed by atoms with van der Waals surface area (Å²) in [4.78, 5) is 17.7. The third-order valence-electron chi connectivity index (χ3n) is 5.53. The number of Topliss-reactive ketones (excluding diaryl/α,β-unsaturated/α-hetero) is 1. The van der Waals surface area contributed by atoms with Gasteiger partial charge in [-0.05, 0) is 57.9 Å². The smallest absolute Gasteiger partial charge is 0.196 e. The first-order chi connectivity index (χ1) is 16.5. The minimum atomic E-state index is 0.0190. The topological polar surface area (TPSA) is 61.7 Å². The third-order valence-corrected chi connectivity index (χ3v) is 6.59. The van der Waals surface area contributed by atoms with Gasteiger partial charge in [0.05, 0.1) is 21.4 Å². The maximum Gasteiger partial charge on any atom is 0.196 e. The standard InChI is InChI=1S/C28H18Br2N2O2/c29-19-14-18(27(33)24(30)15-19)16-31-20-10-12-21(13-11-20)32-26-22-8-4-5-9-23(22)28(34)25(26)17-6-2-1-3-7-17/h1-16,32-33H. The molecule has 1 aliphatic carbocycles. The molecule has 0 unspecified atom stereocenters. The first-order valence-corrected chi connectivity index (χ1v) is 12.1. The Kier molecular flexibility index (Phi) is 6.18. The second-order valence-electron chi connectivity index (χ2n) is 7.75. The number of phenolic OH excluding ortho intramolecular Hbond substituents is 1. The van der Waals surface area contributed by atoms with E-state index >= 15 is 0 Å². The number of hydrogen-bond donors (Lipinski definition) is 2. The third kappa shape index (κ3) is 4.34. The minimum Gasteiger partial charge on any atom is -0.506 e. The lowest BCUT2D eigenvalue weighted by molar-refractivity contribution is 0.105. The van der Waals surface area contributed by atoms with Crippen LogP contribution in [0.3, 0.4) is 0 Å². The number of fused-ring (bicyclic) bond motifs is 1. The maximum atomic E-state index is 13.2. The van der Waals surface area contributed by atoms with Crippen molar-refractivity contribution >= 4 is 66.5 Å². The van der Waals surface area contributed by atoms with Gasteiger partial charge >= 0.3 is 0 Å². The molecule has 6 heteroatoms. The molecule has 34 heavy (non-hydrogen) atoms. The van der Waals surface area contributed by atoms with Gasteiger partial charge < -0.3 is 10.4 Å². The zero-order valence-corrected chi connectivity index (χ0v) is 21.0. The van der Waals surface area contributed by atoms with Gasteiger partial charge in [0.2, 0.25) is 0 Å². The summed E-state index contributed by atoms with van der Waals surface area (Å²) in [6.45, 7) is 0. The van der Waals surface area contributed by atoms with Gasteiger partial charge in [-0.2, -0.15) is 0 Å². The number of allylic oxidation sites excluding steroid dienone is 1. The fraction of sp³-hybridized carbons (Fsp3) is 0.